The van der Waals surface area contributed by atoms with E-state index in [9.17, 15) is 10.1 Å². The molecular weight excluding hydrogens is 492 g/mol. The molecule has 5 nitrogen and oxygen atoms in total. The first-order valence-electron chi connectivity index (χ1n) is 11.0. The van der Waals surface area contributed by atoms with Crippen molar-refractivity contribution >= 4 is 27.9 Å². The highest BCUT2D eigenvalue weighted by Gasteiger charge is 2.16. The SMILES string of the molecule is CCOc1cc(/C=C(/C#N)C(=O)N[C@@H](C)c2ccccc2)cc(Br)c1OCc1cccc(C)c1. The number of carbonyl (C=O) groups excluding carboxylic acids is 1. The van der Waals surface area contributed by atoms with Gasteiger partial charge in [0.15, 0.2) is 11.5 Å². The van der Waals surface area contributed by atoms with Crippen molar-refractivity contribution in [2.45, 2.75) is 33.4 Å². The molecular formula is C28H27BrN2O3. The third kappa shape index (κ3) is 6.72. The topological polar surface area (TPSA) is 71.3 Å². The first-order chi connectivity index (χ1) is 16.4. The fraction of sp³-hybridized carbons (Fsp3) is 0.214. The summed E-state index contributed by atoms with van der Waals surface area (Å²) in [7, 11) is 0. The van der Waals surface area contributed by atoms with Crippen LogP contribution in [0.4, 0.5) is 0 Å². The van der Waals surface area contributed by atoms with Crippen LogP contribution in [0.15, 0.2) is 76.8 Å². The molecule has 3 aromatic carbocycles. The molecule has 0 aliphatic carbocycles. The number of benzene rings is 3. The van der Waals surface area contributed by atoms with Gasteiger partial charge in [-0.2, -0.15) is 5.26 Å². The van der Waals surface area contributed by atoms with Crippen molar-refractivity contribution in [3.05, 3.63) is 99.0 Å². The van der Waals surface area contributed by atoms with E-state index < -0.39 is 5.91 Å². The molecule has 6 heteroatoms. The van der Waals surface area contributed by atoms with Crippen molar-refractivity contribution in [3.63, 3.8) is 0 Å². The number of hydrogen-bond acceptors (Lipinski definition) is 4. The third-order valence-electron chi connectivity index (χ3n) is 5.12. The molecule has 0 radical (unpaired) electrons. The molecule has 0 saturated heterocycles. The Labute approximate surface area is 209 Å². The van der Waals surface area contributed by atoms with Gasteiger partial charge in [0.05, 0.1) is 17.1 Å². The van der Waals surface area contributed by atoms with E-state index in [1.54, 1.807) is 18.2 Å². The minimum Gasteiger partial charge on any atom is -0.490 e. The number of hydrogen-bond donors (Lipinski definition) is 1. The lowest BCUT2D eigenvalue weighted by Gasteiger charge is -2.16. The number of rotatable bonds is 9. The van der Waals surface area contributed by atoms with Crippen LogP contribution in [0, 0.1) is 18.3 Å². The average molecular weight is 519 g/mol. The number of aryl methyl sites for hydroxylation is 1. The Kier molecular flexibility index (Phi) is 8.89. The van der Waals surface area contributed by atoms with Gasteiger partial charge in [-0.25, -0.2) is 0 Å². The number of amides is 1. The summed E-state index contributed by atoms with van der Waals surface area (Å²) in [5.41, 5.74) is 3.83. The lowest BCUT2D eigenvalue weighted by atomic mass is 10.1. The molecule has 34 heavy (non-hydrogen) atoms. The predicted molar refractivity (Wildman–Crippen MR) is 137 cm³/mol. The number of nitriles is 1. The molecule has 0 aromatic heterocycles. The van der Waals surface area contributed by atoms with Crippen LogP contribution in [0.25, 0.3) is 6.08 Å². The predicted octanol–water partition coefficient (Wildman–Crippen LogP) is 6.52. The molecule has 0 saturated carbocycles. The van der Waals surface area contributed by atoms with Crippen LogP contribution in [-0.4, -0.2) is 12.5 Å². The fourth-order valence-electron chi connectivity index (χ4n) is 3.45. The molecule has 0 fully saturated rings. The van der Waals surface area contributed by atoms with Gasteiger partial charge in [-0.1, -0.05) is 60.2 Å². The first kappa shape index (κ1) is 25.1. The van der Waals surface area contributed by atoms with E-state index >= 15 is 0 Å². The number of nitrogens with zero attached hydrogens (tertiary/aromatic N) is 1. The summed E-state index contributed by atoms with van der Waals surface area (Å²) < 4.78 is 12.5. The quantitative estimate of drug-likeness (QED) is 0.258. The molecule has 1 N–H and O–H groups in total. The Morgan fingerprint density at radius 2 is 1.88 bits per heavy atom. The summed E-state index contributed by atoms with van der Waals surface area (Å²) in [6.07, 6.45) is 1.55. The normalized spacial score (nSPS) is 11.9. The molecule has 0 heterocycles. The maximum Gasteiger partial charge on any atom is 0.262 e. The van der Waals surface area contributed by atoms with Gasteiger partial charge in [0.2, 0.25) is 0 Å². The zero-order chi connectivity index (χ0) is 24.5. The van der Waals surface area contributed by atoms with Crippen molar-refractivity contribution in [1.82, 2.24) is 5.32 Å². The Hall–Kier alpha value is -3.56. The third-order valence-corrected chi connectivity index (χ3v) is 5.71. The highest BCUT2D eigenvalue weighted by Crippen LogP contribution is 2.38. The molecule has 0 aliphatic rings. The second-order valence-corrected chi connectivity index (χ2v) is 8.67. The van der Waals surface area contributed by atoms with E-state index in [0.717, 1.165) is 16.7 Å². The molecule has 0 bridgehead atoms. The minimum absolute atomic E-state index is 0.00515. The zero-order valence-electron chi connectivity index (χ0n) is 19.5. The van der Waals surface area contributed by atoms with Crippen LogP contribution < -0.4 is 14.8 Å². The highest BCUT2D eigenvalue weighted by molar-refractivity contribution is 9.10. The Bertz CT molecular complexity index is 1220. The van der Waals surface area contributed by atoms with Crippen LogP contribution >= 0.6 is 15.9 Å². The summed E-state index contributed by atoms with van der Waals surface area (Å²) in [4.78, 5) is 12.7. The Morgan fingerprint density at radius 3 is 2.56 bits per heavy atom. The average Bonchev–Trinajstić information content (AvgIpc) is 2.82. The molecule has 3 rings (SSSR count). The smallest absolute Gasteiger partial charge is 0.262 e. The van der Waals surface area contributed by atoms with E-state index in [2.05, 4.69) is 27.3 Å². The molecule has 1 atom stereocenters. The van der Waals surface area contributed by atoms with Gasteiger partial charge in [-0.15, -0.1) is 0 Å². The van der Waals surface area contributed by atoms with Gasteiger partial charge in [-0.05, 0) is 71.6 Å². The van der Waals surface area contributed by atoms with Crippen LogP contribution in [0.5, 0.6) is 11.5 Å². The van der Waals surface area contributed by atoms with Crippen molar-refractivity contribution in [2.75, 3.05) is 6.61 Å². The van der Waals surface area contributed by atoms with Crippen LogP contribution in [0.2, 0.25) is 0 Å². The van der Waals surface area contributed by atoms with E-state index in [-0.39, 0.29) is 11.6 Å². The summed E-state index contributed by atoms with van der Waals surface area (Å²) in [5, 5.41) is 12.5. The molecule has 0 aliphatic heterocycles. The van der Waals surface area contributed by atoms with Gasteiger partial charge in [0, 0.05) is 0 Å². The standard InChI is InChI=1S/C28H27BrN2O3/c1-4-33-26-16-22(15-25(29)27(26)34-18-21-10-8-9-19(2)13-21)14-24(17-30)28(32)31-20(3)23-11-6-5-7-12-23/h5-16,20H,4,18H2,1-3H3,(H,31,32)/b24-14-/t20-/m0/s1. The van der Waals surface area contributed by atoms with Gasteiger partial charge < -0.3 is 14.8 Å². The number of nitrogens with one attached hydrogen (secondary N) is 1. The molecule has 174 valence electrons. The van der Waals surface area contributed by atoms with Gasteiger partial charge in [0.1, 0.15) is 18.2 Å². The number of halogens is 1. The van der Waals surface area contributed by atoms with Crippen molar-refractivity contribution in [3.8, 4) is 17.6 Å². The summed E-state index contributed by atoms with van der Waals surface area (Å²) in [5.74, 6) is 0.667. The molecule has 0 unspecified atom stereocenters. The summed E-state index contributed by atoms with van der Waals surface area (Å²) >= 11 is 3.56. The van der Waals surface area contributed by atoms with E-state index in [1.807, 2.05) is 75.4 Å². The summed E-state index contributed by atoms with van der Waals surface area (Å²) in [6, 6.07) is 23.1. The van der Waals surface area contributed by atoms with E-state index in [4.69, 9.17) is 9.47 Å². The largest absolute Gasteiger partial charge is 0.490 e. The van der Waals surface area contributed by atoms with Crippen LogP contribution in [-0.2, 0) is 11.4 Å². The van der Waals surface area contributed by atoms with Crippen LogP contribution in [0.1, 0.15) is 42.1 Å². The Balaban J connectivity index is 1.82. The Morgan fingerprint density at radius 1 is 1.12 bits per heavy atom. The van der Waals surface area contributed by atoms with E-state index in [0.29, 0.717) is 34.7 Å². The second kappa shape index (κ2) is 12.1. The van der Waals surface area contributed by atoms with Crippen molar-refractivity contribution in [1.29, 1.82) is 5.26 Å². The lowest BCUT2D eigenvalue weighted by molar-refractivity contribution is -0.117. The zero-order valence-corrected chi connectivity index (χ0v) is 21.1. The fourth-order valence-corrected chi connectivity index (χ4v) is 4.02. The molecule has 0 spiro atoms. The van der Waals surface area contributed by atoms with E-state index in [1.165, 1.54) is 0 Å². The maximum absolute atomic E-state index is 12.7. The van der Waals surface area contributed by atoms with Crippen molar-refractivity contribution in [2.24, 2.45) is 0 Å². The molecule has 3 aromatic rings. The maximum atomic E-state index is 12.7. The second-order valence-electron chi connectivity index (χ2n) is 7.82. The number of ether oxygens (including phenoxy) is 2. The summed E-state index contributed by atoms with van der Waals surface area (Å²) in [6.45, 7) is 6.64. The lowest BCUT2D eigenvalue weighted by Crippen LogP contribution is -2.27. The first-order valence-corrected chi connectivity index (χ1v) is 11.8. The highest BCUT2D eigenvalue weighted by atomic mass is 79.9. The van der Waals surface area contributed by atoms with Gasteiger partial charge in [0.25, 0.3) is 5.91 Å². The minimum atomic E-state index is -0.437. The van der Waals surface area contributed by atoms with Crippen LogP contribution in [0.3, 0.4) is 0 Å². The van der Waals surface area contributed by atoms with Crippen molar-refractivity contribution < 1.29 is 14.3 Å². The van der Waals surface area contributed by atoms with Gasteiger partial charge >= 0.3 is 0 Å². The monoisotopic (exact) mass is 518 g/mol. The molecule has 1 amide bonds. The van der Waals surface area contributed by atoms with Gasteiger partial charge in [-0.3, -0.25) is 4.79 Å². The number of carbonyl (C=O) groups is 1.